The van der Waals surface area contributed by atoms with Crippen molar-refractivity contribution >= 4 is 0 Å². The minimum atomic E-state index is -1.55. The predicted octanol–water partition coefficient (Wildman–Crippen LogP) is 2.23. The Bertz CT molecular complexity index is 827. The van der Waals surface area contributed by atoms with E-state index in [9.17, 15) is 10.2 Å². The average Bonchev–Trinajstić information content (AvgIpc) is 3.05. The van der Waals surface area contributed by atoms with Gasteiger partial charge in [0, 0.05) is 17.3 Å². The molecule has 2 aromatic heterocycles. The minimum absolute atomic E-state index is 0.359. The molecule has 0 fully saturated rings. The summed E-state index contributed by atoms with van der Waals surface area (Å²) in [6.45, 7) is 1.98. The van der Waals surface area contributed by atoms with Crippen LogP contribution in [0.4, 0.5) is 0 Å². The molecule has 3 rings (SSSR count). The molecule has 1 aromatic carbocycles. The maximum Gasteiger partial charge on any atom is 0.178 e. The smallest absolute Gasteiger partial charge is 0.178 e. The van der Waals surface area contributed by atoms with E-state index in [1.165, 1.54) is 6.20 Å². The zero-order valence-electron chi connectivity index (χ0n) is 12.8. The van der Waals surface area contributed by atoms with Crippen molar-refractivity contribution in [1.29, 1.82) is 0 Å². The molecule has 0 radical (unpaired) electrons. The second-order valence-corrected chi connectivity index (χ2v) is 5.13. The summed E-state index contributed by atoms with van der Waals surface area (Å²) in [4.78, 5) is 4.26. The lowest BCUT2D eigenvalue weighted by Crippen LogP contribution is -2.04. The normalized spacial score (nSPS) is 11.0. The third-order valence-electron chi connectivity index (χ3n) is 3.63. The van der Waals surface area contributed by atoms with Crippen LogP contribution < -0.4 is 4.74 Å². The molecule has 118 valence electrons. The van der Waals surface area contributed by atoms with Crippen LogP contribution in [0.15, 0.2) is 48.8 Å². The zero-order chi connectivity index (χ0) is 16.4. The molecule has 0 aliphatic heterocycles. The molecule has 0 atom stereocenters. The Labute approximate surface area is 133 Å². The molecule has 0 saturated carbocycles. The van der Waals surface area contributed by atoms with E-state index < -0.39 is 6.29 Å². The second-order valence-electron chi connectivity index (χ2n) is 5.13. The van der Waals surface area contributed by atoms with Crippen LogP contribution in [-0.2, 0) is 0 Å². The van der Waals surface area contributed by atoms with Crippen molar-refractivity contribution in [3.05, 3.63) is 59.9 Å². The number of rotatable bonds is 4. The number of hydrogen-bond donors (Lipinski definition) is 2. The topological polar surface area (TPSA) is 80.4 Å². The first-order valence-electron chi connectivity index (χ1n) is 7.11. The van der Waals surface area contributed by atoms with E-state index in [1.54, 1.807) is 30.1 Å². The minimum Gasteiger partial charge on any atom is -0.496 e. The summed E-state index contributed by atoms with van der Waals surface area (Å²) in [5.41, 5.74) is 3.17. The molecule has 2 N–H and O–H groups in total. The van der Waals surface area contributed by atoms with Crippen LogP contribution in [0.2, 0.25) is 0 Å². The summed E-state index contributed by atoms with van der Waals surface area (Å²) in [6, 6.07) is 10.9. The molecule has 0 aliphatic rings. The van der Waals surface area contributed by atoms with Crippen molar-refractivity contribution in [3.63, 3.8) is 0 Å². The van der Waals surface area contributed by atoms with Gasteiger partial charge in [-0.1, -0.05) is 12.1 Å². The number of pyridine rings is 1. The Hall–Kier alpha value is -2.70. The van der Waals surface area contributed by atoms with E-state index in [0.717, 1.165) is 22.6 Å². The molecular weight excluding hydrogens is 294 g/mol. The number of methoxy groups -OCH3 is 1. The molecule has 0 spiro atoms. The average molecular weight is 311 g/mol. The molecule has 0 saturated heterocycles. The molecule has 0 unspecified atom stereocenters. The van der Waals surface area contributed by atoms with Crippen LogP contribution in [0.25, 0.3) is 17.1 Å². The van der Waals surface area contributed by atoms with Gasteiger partial charge in [-0.15, -0.1) is 0 Å². The Balaban J connectivity index is 2.08. The van der Waals surface area contributed by atoms with Crippen molar-refractivity contribution in [2.75, 3.05) is 7.11 Å². The summed E-state index contributed by atoms with van der Waals surface area (Å²) in [7, 11) is 1.64. The number of aromatic nitrogens is 3. The van der Waals surface area contributed by atoms with E-state index in [0.29, 0.717) is 11.4 Å². The third-order valence-corrected chi connectivity index (χ3v) is 3.63. The highest BCUT2D eigenvalue weighted by atomic mass is 16.5. The quantitative estimate of drug-likeness (QED) is 0.722. The molecule has 3 aromatic rings. The van der Waals surface area contributed by atoms with Crippen molar-refractivity contribution in [3.8, 4) is 22.8 Å². The number of aryl methyl sites for hydroxylation is 1. The number of aliphatic hydroxyl groups excluding tert-OH is 1. The van der Waals surface area contributed by atoms with Gasteiger partial charge in [-0.25, -0.2) is 9.67 Å². The molecule has 23 heavy (non-hydrogen) atoms. The Morgan fingerprint density at radius 3 is 2.65 bits per heavy atom. The molecule has 0 bridgehead atoms. The van der Waals surface area contributed by atoms with Gasteiger partial charge in [0.2, 0.25) is 0 Å². The molecule has 0 aliphatic carbocycles. The summed E-state index contributed by atoms with van der Waals surface area (Å²) in [5, 5.41) is 22.9. The fourth-order valence-corrected chi connectivity index (χ4v) is 2.39. The van der Waals surface area contributed by atoms with E-state index in [2.05, 4.69) is 10.1 Å². The maximum atomic E-state index is 9.31. The van der Waals surface area contributed by atoms with Gasteiger partial charge < -0.3 is 14.9 Å². The molecular formula is C17H17N3O3. The predicted molar refractivity (Wildman–Crippen MR) is 85.3 cm³/mol. The zero-order valence-corrected chi connectivity index (χ0v) is 12.8. The van der Waals surface area contributed by atoms with Crippen LogP contribution >= 0.6 is 0 Å². The fourth-order valence-electron chi connectivity index (χ4n) is 2.39. The monoisotopic (exact) mass is 311 g/mol. The molecule has 0 amide bonds. The van der Waals surface area contributed by atoms with Gasteiger partial charge >= 0.3 is 0 Å². The highest BCUT2D eigenvalue weighted by Crippen LogP contribution is 2.28. The highest BCUT2D eigenvalue weighted by Gasteiger charge is 2.12. The van der Waals surface area contributed by atoms with Crippen LogP contribution in [0, 0.1) is 6.92 Å². The number of ether oxygens (including phenoxy) is 1. The largest absolute Gasteiger partial charge is 0.496 e. The molecule has 2 heterocycles. The van der Waals surface area contributed by atoms with Crippen LogP contribution in [0.5, 0.6) is 5.75 Å². The van der Waals surface area contributed by atoms with Gasteiger partial charge in [0.15, 0.2) is 12.1 Å². The number of aliphatic hydroxyl groups is 2. The van der Waals surface area contributed by atoms with Gasteiger partial charge in [-0.2, -0.15) is 5.10 Å². The van der Waals surface area contributed by atoms with E-state index in [4.69, 9.17) is 4.74 Å². The van der Waals surface area contributed by atoms with Crippen LogP contribution in [-0.4, -0.2) is 32.1 Å². The second kappa shape index (κ2) is 6.20. The van der Waals surface area contributed by atoms with Gasteiger partial charge in [-0.05, 0) is 36.8 Å². The molecule has 6 heteroatoms. The van der Waals surface area contributed by atoms with E-state index in [1.807, 2.05) is 31.2 Å². The lowest BCUT2D eigenvalue weighted by molar-refractivity contribution is -0.0425. The maximum absolute atomic E-state index is 9.31. The van der Waals surface area contributed by atoms with Gasteiger partial charge in [0.25, 0.3) is 0 Å². The standard InChI is InChI=1S/C17H17N3O3/c1-11-3-4-12(9-15(11)23-2)14-6-8-19-20(14)16-10-13(17(21)22)5-7-18-16/h3-10,17,21-22H,1-2H3. The third kappa shape index (κ3) is 2.94. The number of hydrogen-bond acceptors (Lipinski definition) is 5. The Kier molecular flexibility index (Phi) is 4.10. The van der Waals surface area contributed by atoms with Gasteiger partial charge in [0.05, 0.1) is 19.0 Å². The van der Waals surface area contributed by atoms with Crippen molar-refractivity contribution in [2.45, 2.75) is 13.2 Å². The van der Waals surface area contributed by atoms with Crippen LogP contribution in [0.1, 0.15) is 17.4 Å². The Morgan fingerprint density at radius 2 is 1.91 bits per heavy atom. The van der Waals surface area contributed by atoms with Crippen LogP contribution in [0.3, 0.4) is 0 Å². The van der Waals surface area contributed by atoms with Crippen molar-refractivity contribution in [1.82, 2.24) is 14.8 Å². The first-order chi connectivity index (χ1) is 11.1. The summed E-state index contributed by atoms with van der Waals surface area (Å²) >= 11 is 0. The summed E-state index contributed by atoms with van der Waals surface area (Å²) in [6.07, 6.45) is 1.65. The summed E-state index contributed by atoms with van der Waals surface area (Å²) < 4.78 is 7.02. The fraction of sp³-hybridized carbons (Fsp3) is 0.176. The highest BCUT2D eigenvalue weighted by molar-refractivity contribution is 5.64. The van der Waals surface area contributed by atoms with Gasteiger partial charge in [0.1, 0.15) is 5.75 Å². The first-order valence-corrected chi connectivity index (χ1v) is 7.11. The number of nitrogens with zero attached hydrogens (tertiary/aromatic N) is 3. The number of benzene rings is 1. The van der Waals surface area contributed by atoms with E-state index in [-0.39, 0.29) is 0 Å². The van der Waals surface area contributed by atoms with Gasteiger partial charge in [-0.3, -0.25) is 0 Å². The lowest BCUT2D eigenvalue weighted by atomic mass is 10.1. The molecule has 6 nitrogen and oxygen atoms in total. The van der Waals surface area contributed by atoms with Crippen molar-refractivity contribution < 1.29 is 14.9 Å². The van der Waals surface area contributed by atoms with E-state index >= 15 is 0 Å². The van der Waals surface area contributed by atoms with Crippen molar-refractivity contribution in [2.24, 2.45) is 0 Å². The lowest BCUT2D eigenvalue weighted by Gasteiger charge is -2.11. The summed E-state index contributed by atoms with van der Waals surface area (Å²) in [5.74, 6) is 1.30. The Morgan fingerprint density at radius 1 is 1.09 bits per heavy atom. The SMILES string of the molecule is COc1cc(-c2ccnn2-c2cc(C(O)O)ccn2)ccc1C. The first kappa shape index (κ1) is 15.2.